The first-order valence-electron chi connectivity index (χ1n) is 4.42. The Morgan fingerprint density at radius 1 is 1.50 bits per heavy atom. The van der Waals surface area contributed by atoms with Crippen molar-refractivity contribution >= 4 is 6.09 Å². The van der Waals surface area contributed by atoms with Gasteiger partial charge in [-0.15, -0.1) is 0 Å². The van der Waals surface area contributed by atoms with Crippen molar-refractivity contribution in [1.82, 2.24) is 5.32 Å². The summed E-state index contributed by atoms with van der Waals surface area (Å²) in [5, 5.41) is 2.83. The van der Waals surface area contributed by atoms with E-state index in [0.717, 1.165) is 6.42 Å². The molecule has 1 aliphatic heterocycles. The highest BCUT2D eigenvalue weighted by molar-refractivity contribution is 5.70. The number of amides is 1. The van der Waals surface area contributed by atoms with Gasteiger partial charge < -0.3 is 10.1 Å². The predicted octanol–water partition coefficient (Wildman–Crippen LogP) is 1.92. The molecule has 0 aliphatic carbocycles. The Morgan fingerprint density at radius 3 is 2.42 bits per heavy atom. The molecule has 1 saturated heterocycles. The van der Waals surface area contributed by atoms with Gasteiger partial charge in [0.05, 0.1) is 6.04 Å². The van der Waals surface area contributed by atoms with Crippen molar-refractivity contribution in [1.29, 1.82) is 0 Å². The summed E-state index contributed by atoms with van der Waals surface area (Å²) in [6, 6.07) is 0.148. The topological polar surface area (TPSA) is 38.3 Å². The standard InChI is InChI=1S/C9H17NO2/c1-5-6-7(9(2,3)4)10-8(11)12-6/h6-7H,5H2,1-4H3,(H,10,11). The van der Waals surface area contributed by atoms with Gasteiger partial charge in [0.25, 0.3) is 0 Å². The number of ether oxygens (including phenoxy) is 1. The molecule has 1 fully saturated rings. The molecule has 0 saturated carbocycles. The summed E-state index contributed by atoms with van der Waals surface area (Å²) in [5.41, 5.74) is 0.0762. The van der Waals surface area contributed by atoms with Crippen LogP contribution in [0.2, 0.25) is 0 Å². The minimum absolute atomic E-state index is 0.0394. The highest BCUT2D eigenvalue weighted by atomic mass is 16.6. The van der Waals surface area contributed by atoms with Crippen LogP contribution >= 0.6 is 0 Å². The fourth-order valence-corrected chi connectivity index (χ4v) is 1.55. The van der Waals surface area contributed by atoms with Crippen molar-refractivity contribution in [2.24, 2.45) is 5.41 Å². The molecular weight excluding hydrogens is 154 g/mol. The summed E-state index contributed by atoms with van der Waals surface area (Å²) >= 11 is 0. The van der Waals surface area contributed by atoms with E-state index in [0.29, 0.717) is 0 Å². The minimum atomic E-state index is -0.276. The second kappa shape index (κ2) is 2.96. The molecule has 1 N–H and O–H groups in total. The SMILES string of the molecule is CCC1OC(=O)NC1C(C)(C)C. The highest BCUT2D eigenvalue weighted by Crippen LogP contribution is 2.28. The van der Waals surface area contributed by atoms with E-state index >= 15 is 0 Å². The quantitative estimate of drug-likeness (QED) is 0.654. The molecule has 3 heteroatoms. The first kappa shape index (κ1) is 9.36. The van der Waals surface area contributed by atoms with E-state index in [9.17, 15) is 4.79 Å². The number of cyclic esters (lactones) is 1. The van der Waals surface area contributed by atoms with Gasteiger partial charge in [0.1, 0.15) is 6.10 Å². The molecule has 3 nitrogen and oxygen atoms in total. The summed E-state index contributed by atoms with van der Waals surface area (Å²) in [6.45, 7) is 8.35. The summed E-state index contributed by atoms with van der Waals surface area (Å²) in [5.74, 6) is 0. The second-order valence-corrected chi connectivity index (χ2v) is 4.34. The van der Waals surface area contributed by atoms with Crippen molar-refractivity contribution in [3.8, 4) is 0 Å². The van der Waals surface area contributed by atoms with Gasteiger partial charge in [-0.3, -0.25) is 0 Å². The third kappa shape index (κ3) is 1.71. The molecular formula is C9H17NO2. The second-order valence-electron chi connectivity index (χ2n) is 4.34. The van der Waals surface area contributed by atoms with E-state index in [2.05, 4.69) is 26.1 Å². The predicted molar refractivity (Wildman–Crippen MR) is 46.9 cm³/mol. The highest BCUT2D eigenvalue weighted by Gasteiger charge is 2.40. The maximum atomic E-state index is 10.9. The lowest BCUT2D eigenvalue weighted by Gasteiger charge is -2.28. The molecule has 12 heavy (non-hydrogen) atoms. The number of carbonyl (C=O) groups is 1. The Bertz CT molecular complexity index is 183. The van der Waals surface area contributed by atoms with Gasteiger partial charge in [-0.2, -0.15) is 0 Å². The Kier molecular flexibility index (Phi) is 2.31. The molecule has 0 aromatic heterocycles. The number of nitrogens with one attached hydrogen (secondary N) is 1. The van der Waals surface area contributed by atoms with Gasteiger partial charge in [-0.1, -0.05) is 27.7 Å². The molecule has 0 aromatic carbocycles. The molecule has 1 rings (SSSR count). The number of hydrogen-bond donors (Lipinski definition) is 1. The third-order valence-electron chi connectivity index (χ3n) is 2.24. The van der Waals surface area contributed by atoms with Gasteiger partial charge in [-0.05, 0) is 11.8 Å². The largest absolute Gasteiger partial charge is 0.444 e. The first-order chi connectivity index (χ1) is 5.45. The van der Waals surface area contributed by atoms with E-state index in [1.807, 2.05) is 6.92 Å². The lowest BCUT2D eigenvalue weighted by molar-refractivity contribution is 0.108. The maximum absolute atomic E-state index is 10.9. The summed E-state index contributed by atoms with van der Waals surface area (Å²) in [4.78, 5) is 10.9. The number of carbonyl (C=O) groups excluding carboxylic acids is 1. The number of alkyl carbamates (subject to hydrolysis) is 1. The normalized spacial score (nSPS) is 29.8. The molecule has 70 valence electrons. The Hall–Kier alpha value is -0.730. The van der Waals surface area contributed by atoms with Crippen LogP contribution in [-0.4, -0.2) is 18.2 Å². The average molecular weight is 171 g/mol. The summed E-state index contributed by atoms with van der Waals surface area (Å²) in [7, 11) is 0. The zero-order valence-electron chi connectivity index (χ0n) is 8.18. The Morgan fingerprint density at radius 2 is 2.08 bits per heavy atom. The van der Waals surface area contributed by atoms with Crippen molar-refractivity contribution in [3.63, 3.8) is 0 Å². The van der Waals surface area contributed by atoms with Gasteiger partial charge in [0, 0.05) is 0 Å². The monoisotopic (exact) mass is 171 g/mol. The van der Waals surface area contributed by atoms with Crippen LogP contribution in [0, 0.1) is 5.41 Å². The Balaban J connectivity index is 2.70. The molecule has 0 bridgehead atoms. The van der Waals surface area contributed by atoms with Crippen LogP contribution in [0.4, 0.5) is 4.79 Å². The van der Waals surface area contributed by atoms with Crippen molar-refractivity contribution < 1.29 is 9.53 Å². The smallest absolute Gasteiger partial charge is 0.407 e. The Labute approximate surface area is 73.5 Å². The minimum Gasteiger partial charge on any atom is -0.444 e. The fraction of sp³-hybridized carbons (Fsp3) is 0.889. The number of rotatable bonds is 1. The lowest BCUT2D eigenvalue weighted by atomic mass is 9.83. The van der Waals surface area contributed by atoms with E-state index in [4.69, 9.17) is 4.74 Å². The lowest BCUT2D eigenvalue weighted by Crippen LogP contribution is -2.42. The van der Waals surface area contributed by atoms with Gasteiger partial charge in [0.15, 0.2) is 0 Å². The zero-order chi connectivity index (χ0) is 9.35. The molecule has 2 unspecified atom stereocenters. The molecule has 1 heterocycles. The van der Waals surface area contributed by atoms with E-state index in [-0.39, 0.29) is 23.7 Å². The number of hydrogen-bond acceptors (Lipinski definition) is 2. The van der Waals surface area contributed by atoms with E-state index < -0.39 is 0 Å². The summed E-state index contributed by atoms with van der Waals surface area (Å²) < 4.78 is 5.10. The molecule has 0 aromatic rings. The van der Waals surface area contributed by atoms with Crippen molar-refractivity contribution in [2.75, 3.05) is 0 Å². The van der Waals surface area contributed by atoms with Crippen LogP contribution in [0.3, 0.4) is 0 Å². The van der Waals surface area contributed by atoms with Gasteiger partial charge >= 0.3 is 6.09 Å². The van der Waals surface area contributed by atoms with E-state index in [1.165, 1.54) is 0 Å². The van der Waals surface area contributed by atoms with E-state index in [1.54, 1.807) is 0 Å². The fourth-order valence-electron chi connectivity index (χ4n) is 1.55. The molecule has 2 atom stereocenters. The van der Waals surface area contributed by atoms with Gasteiger partial charge in [0.2, 0.25) is 0 Å². The molecule has 0 radical (unpaired) electrons. The van der Waals surface area contributed by atoms with Crippen LogP contribution in [0.15, 0.2) is 0 Å². The molecule has 1 aliphatic rings. The maximum Gasteiger partial charge on any atom is 0.407 e. The van der Waals surface area contributed by atoms with Crippen LogP contribution in [0.5, 0.6) is 0 Å². The average Bonchev–Trinajstić information content (AvgIpc) is 2.29. The van der Waals surface area contributed by atoms with Crippen LogP contribution < -0.4 is 5.32 Å². The van der Waals surface area contributed by atoms with Crippen molar-refractivity contribution in [2.45, 2.75) is 46.3 Å². The van der Waals surface area contributed by atoms with Crippen molar-refractivity contribution in [3.05, 3.63) is 0 Å². The molecule has 1 amide bonds. The van der Waals surface area contributed by atoms with Crippen LogP contribution in [0.25, 0.3) is 0 Å². The first-order valence-corrected chi connectivity index (χ1v) is 4.42. The summed E-state index contributed by atoms with van der Waals surface area (Å²) in [6.07, 6.45) is 0.639. The zero-order valence-corrected chi connectivity index (χ0v) is 8.18. The van der Waals surface area contributed by atoms with Gasteiger partial charge in [-0.25, -0.2) is 4.79 Å². The van der Waals surface area contributed by atoms with Crippen LogP contribution in [0.1, 0.15) is 34.1 Å². The van der Waals surface area contributed by atoms with Crippen LogP contribution in [-0.2, 0) is 4.74 Å². The molecule has 0 spiro atoms. The third-order valence-corrected chi connectivity index (χ3v) is 2.24.